The summed E-state index contributed by atoms with van der Waals surface area (Å²) in [5.41, 5.74) is 3.54. The lowest BCUT2D eigenvalue weighted by Crippen LogP contribution is -2.26. The van der Waals surface area contributed by atoms with Gasteiger partial charge in [0.2, 0.25) is 0 Å². The van der Waals surface area contributed by atoms with Crippen molar-refractivity contribution in [3.8, 4) is 0 Å². The summed E-state index contributed by atoms with van der Waals surface area (Å²) in [5.74, 6) is 2.21. The Morgan fingerprint density at radius 3 is 2.89 bits per heavy atom. The summed E-state index contributed by atoms with van der Waals surface area (Å²) in [6.45, 7) is 5.70. The fraction of sp³-hybridized carbons (Fsp3) is 0.812. The third-order valence-corrected chi connectivity index (χ3v) is 5.19. The first-order chi connectivity index (χ1) is 9.31. The van der Waals surface area contributed by atoms with Gasteiger partial charge in [0.15, 0.2) is 0 Å². The second kappa shape index (κ2) is 4.34. The zero-order chi connectivity index (χ0) is 12.9. The van der Waals surface area contributed by atoms with Crippen molar-refractivity contribution >= 4 is 0 Å². The standard InChI is InChI=1S/C16H25N3/c1-2-6-16(7-8-16)11-19-14-5-9-17-10-13(14)18-15(19)12-3-4-12/h12,17H,2-11H2,1H3. The number of nitrogens with zero attached hydrogens (tertiary/aromatic N) is 2. The molecule has 3 heteroatoms. The zero-order valence-electron chi connectivity index (χ0n) is 12.0. The van der Waals surface area contributed by atoms with Gasteiger partial charge in [0, 0.05) is 37.7 Å². The molecule has 2 heterocycles. The summed E-state index contributed by atoms with van der Waals surface area (Å²) in [5, 5.41) is 3.47. The van der Waals surface area contributed by atoms with Crippen LogP contribution in [0.25, 0.3) is 0 Å². The van der Waals surface area contributed by atoms with Gasteiger partial charge in [0.05, 0.1) is 5.69 Å². The Labute approximate surface area is 115 Å². The number of rotatable bonds is 5. The van der Waals surface area contributed by atoms with Crippen molar-refractivity contribution in [2.24, 2.45) is 5.41 Å². The van der Waals surface area contributed by atoms with Crippen LogP contribution in [0.5, 0.6) is 0 Å². The van der Waals surface area contributed by atoms with Gasteiger partial charge in [-0.3, -0.25) is 0 Å². The van der Waals surface area contributed by atoms with Crippen LogP contribution in [0, 0.1) is 5.41 Å². The van der Waals surface area contributed by atoms with E-state index in [1.54, 1.807) is 5.69 Å². The molecule has 1 aliphatic heterocycles. The molecule has 19 heavy (non-hydrogen) atoms. The number of hydrogen-bond acceptors (Lipinski definition) is 2. The van der Waals surface area contributed by atoms with Gasteiger partial charge in [-0.25, -0.2) is 4.98 Å². The van der Waals surface area contributed by atoms with Gasteiger partial charge < -0.3 is 9.88 Å². The Hall–Kier alpha value is -0.830. The topological polar surface area (TPSA) is 29.9 Å². The lowest BCUT2D eigenvalue weighted by Gasteiger charge is -2.21. The van der Waals surface area contributed by atoms with Crippen LogP contribution >= 0.6 is 0 Å². The van der Waals surface area contributed by atoms with Gasteiger partial charge >= 0.3 is 0 Å². The highest BCUT2D eigenvalue weighted by atomic mass is 15.1. The van der Waals surface area contributed by atoms with Crippen molar-refractivity contribution in [1.29, 1.82) is 0 Å². The first-order valence-corrected chi connectivity index (χ1v) is 8.10. The highest BCUT2D eigenvalue weighted by molar-refractivity contribution is 5.24. The second-order valence-corrected chi connectivity index (χ2v) is 6.90. The van der Waals surface area contributed by atoms with Gasteiger partial charge in [-0.1, -0.05) is 13.3 Å². The minimum atomic E-state index is 0.637. The van der Waals surface area contributed by atoms with Crippen LogP contribution in [0.4, 0.5) is 0 Å². The molecule has 0 spiro atoms. The number of nitrogens with one attached hydrogen (secondary N) is 1. The first-order valence-electron chi connectivity index (χ1n) is 8.10. The molecule has 104 valence electrons. The van der Waals surface area contributed by atoms with E-state index in [0.717, 1.165) is 19.0 Å². The van der Waals surface area contributed by atoms with Crippen LogP contribution < -0.4 is 5.32 Å². The average Bonchev–Trinajstić information content (AvgIpc) is 3.32. The van der Waals surface area contributed by atoms with E-state index < -0.39 is 0 Å². The third-order valence-electron chi connectivity index (χ3n) is 5.19. The van der Waals surface area contributed by atoms with E-state index in [4.69, 9.17) is 4.98 Å². The molecule has 0 aromatic carbocycles. The van der Waals surface area contributed by atoms with E-state index in [0.29, 0.717) is 5.41 Å². The minimum Gasteiger partial charge on any atom is -0.331 e. The molecule has 1 aromatic heterocycles. The molecule has 3 aliphatic rings. The molecule has 4 rings (SSSR count). The molecule has 2 aliphatic carbocycles. The minimum absolute atomic E-state index is 0.637. The summed E-state index contributed by atoms with van der Waals surface area (Å²) in [6.07, 6.45) is 9.53. The van der Waals surface area contributed by atoms with Crippen molar-refractivity contribution in [1.82, 2.24) is 14.9 Å². The zero-order valence-corrected chi connectivity index (χ0v) is 12.0. The quantitative estimate of drug-likeness (QED) is 0.881. The lowest BCUT2D eigenvalue weighted by molar-refractivity contribution is 0.373. The Bertz CT molecular complexity index is 480. The number of imidazole rings is 1. The number of hydrogen-bond donors (Lipinski definition) is 1. The monoisotopic (exact) mass is 259 g/mol. The van der Waals surface area contributed by atoms with E-state index in [2.05, 4.69) is 16.8 Å². The molecule has 0 saturated heterocycles. The van der Waals surface area contributed by atoms with Crippen molar-refractivity contribution in [2.45, 2.75) is 70.9 Å². The molecule has 3 nitrogen and oxygen atoms in total. The normalized spacial score (nSPS) is 24.3. The molecular weight excluding hydrogens is 234 g/mol. The Morgan fingerprint density at radius 1 is 1.37 bits per heavy atom. The van der Waals surface area contributed by atoms with E-state index >= 15 is 0 Å². The van der Waals surface area contributed by atoms with Gasteiger partial charge in [0.1, 0.15) is 5.82 Å². The van der Waals surface area contributed by atoms with E-state index in [1.165, 1.54) is 63.0 Å². The first kappa shape index (κ1) is 12.0. The molecule has 0 atom stereocenters. The second-order valence-electron chi connectivity index (χ2n) is 6.90. The molecule has 0 bridgehead atoms. The smallest absolute Gasteiger partial charge is 0.112 e. The van der Waals surface area contributed by atoms with Crippen LogP contribution in [0.3, 0.4) is 0 Å². The molecular formula is C16H25N3. The highest BCUT2D eigenvalue weighted by Gasteiger charge is 2.43. The molecule has 1 aromatic rings. The fourth-order valence-corrected chi connectivity index (χ4v) is 3.75. The van der Waals surface area contributed by atoms with E-state index in [1.807, 2.05) is 0 Å². The van der Waals surface area contributed by atoms with Crippen molar-refractivity contribution in [3.05, 3.63) is 17.2 Å². The van der Waals surface area contributed by atoms with Gasteiger partial charge in [0.25, 0.3) is 0 Å². The summed E-state index contributed by atoms with van der Waals surface area (Å²) in [7, 11) is 0. The van der Waals surface area contributed by atoms with Crippen LogP contribution in [-0.4, -0.2) is 16.1 Å². The maximum atomic E-state index is 4.99. The highest BCUT2D eigenvalue weighted by Crippen LogP contribution is 2.52. The van der Waals surface area contributed by atoms with Gasteiger partial charge in [-0.2, -0.15) is 0 Å². The van der Waals surface area contributed by atoms with E-state index in [9.17, 15) is 0 Å². The van der Waals surface area contributed by atoms with Gasteiger partial charge in [-0.05, 0) is 37.5 Å². The molecule has 2 saturated carbocycles. The fourth-order valence-electron chi connectivity index (χ4n) is 3.75. The van der Waals surface area contributed by atoms with Crippen LogP contribution in [0.2, 0.25) is 0 Å². The Kier molecular flexibility index (Phi) is 2.73. The van der Waals surface area contributed by atoms with E-state index in [-0.39, 0.29) is 0 Å². The SMILES string of the molecule is CCCC1(Cn2c(C3CC3)nc3c2CCNC3)CC1. The van der Waals surface area contributed by atoms with Crippen LogP contribution in [0.1, 0.15) is 68.6 Å². The summed E-state index contributed by atoms with van der Waals surface area (Å²) in [6, 6.07) is 0. The largest absolute Gasteiger partial charge is 0.331 e. The molecule has 0 radical (unpaired) electrons. The number of fused-ring (bicyclic) bond motifs is 1. The summed E-state index contributed by atoms with van der Waals surface area (Å²) in [4.78, 5) is 4.99. The third kappa shape index (κ3) is 2.12. The Morgan fingerprint density at radius 2 is 2.21 bits per heavy atom. The Balaban J connectivity index is 1.67. The average molecular weight is 259 g/mol. The van der Waals surface area contributed by atoms with Gasteiger partial charge in [-0.15, -0.1) is 0 Å². The number of aromatic nitrogens is 2. The summed E-state index contributed by atoms with van der Waals surface area (Å²) < 4.78 is 2.65. The van der Waals surface area contributed by atoms with Crippen molar-refractivity contribution in [2.75, 3.05) is 6.54 Å². The summed E-state index contributed by atoms with van der Waals surface area (Å²) >= 11 is 0. The lowest BCUT2D eigenvalue weighted by atomic mass is 10.00. The molecule has 0 unspecified atom stereocenters. The van der Waals surface area contributed by atoms with Crippen LogP contribution in [0.15, 0.2) is 0 Å². The predicted molar refractivity (Wildman–Crippen MR) is 76.2 cm³/mol. The van der Waals surface area contributed by atoms with Crippen molar-refractivity contribution in [3.63, 3.8) is 0 Å². The predicted octanol–water partition coefficient (Wildman–Crippen LogP) is 2.99. The van der Waals surface area contributed by atoms with Crippen molar-refractivity contribution < 1.29 is 0 Å². The maximum Gasteiger partial charge on any atom is 0.112 e. The molecule has 2 fully saturated rings. The molecule has 0 amide bonds. The van der Waals surface area contributed by atoms with Crippen LogP contribution in [-0.2, 0) is 19.5 Å². The molecule has 1 N–H and O–H groups in total. The maximum absolute atomic E-state index is 4.99.